The predicted octanol–water partition coefficient (Wildman–Crippen LogP) is 1.01. The van der Waals surface area contributed by atoms with Crippen LogP contribution in [0.3, 0.4) is 0 Å². The molecule has 0 aromatic rings. The van der Waals surface area contributed by atoms with E-state index in [-0.39, 0.29) is 18.4 Å². The van der Waals surface area contributed by atoms with E-state index in [4.69, 9.17) is 10.5 Å². The summed E-state index contributed by atoms with van der Waals surface area (Å²) in [5.74, 6) is -0.248. The van der Waals surface area contributed by atoms with E-state index in [1.807, 2.05) is 0 Å². The van der Waals surface area contributed by atoms with E-state index in [9.17, 15) is 9.59 Å². The van der Waals surface area contributed by atoms with Crippen LogP contribution in [0, 0.1) is 0 Å². The van der Waals surface area contributed by atoms with Crippen LogP contribution in [0.25, 0.3) is 0 Å². The van der Waals surface area contributed by atoms with Crippen molar-refractivity contribution in [3.05, 3.63) is 0 Å². The summed E-state index contributed by atoms with van der Waals surface area (Å²) < 4.78 is 5.04. The van der Waals surface area contributed by atoms with Gasteiger partial charge in [0.1, 0.15) is 18.4 Å². The molecule has 0 fully saturated rings. The topological polar surface area (TPSA) is 81.4 Å². The number of hydrogen-bond donors (Lipinski definition) is 2. The summed E-state index contributed by atoms with van der Waals surface area (Å²) in [4.78, 5) is 22.5. The lowest BCUT2D eigenvalue weighted by Gasteiger charge is -2.12. The minimum Gasteiger partial charge on any atom is -0.464 e. The van der Waals surface area contributed by atoms with E-state index in [1.165, 1.54) is 6.92 Å². The Morgan fingerprint density at radius 3 is 2.33 bits per heavy atom. The predicted molar refractivity (Wildman–Crippen MR) is 71.2 cm³/mol. The summed E-state index contributed by atoms with van der Waals surface area (Å²) in [5.41, 5.74) is 5.39. The maximum Gasteiger partial charge on any atom is 0.305 e. The van der Waals surface area contributed by atoms with Crippen LogP contribution in [0.4, 0.5) is 0 Å². The first-order chi connectivity index (χ1) is 8.61. The van der Waals surface area contributed by atoms with E-state index in [1.54, 1.807) is 7.05 Å². The first-order valence-electron chi connectivity index (χ1n) is 6.65. The van der Waals surface area contributed by atoms with Gasteiger partial charge in [0.2, 0.25) is 0 Å². The Morgan fingerprint density at radius 2 is 1.78 bits per heavy atom. The summed E-state index contributed by atoms with van der Waals surface area (Å²) in [6.45, 7) is 2.34. The molecule has 0 aromatic heterocycles. The van der Waals surface area contributed by atoms with E-state index in [0.29, 0.717) is 6.42 Å². The van der Waals surface area contributed by atoms with Crippen LogP contribution >= 0.6 is 0 Å². The molecule has 0 aliphatic heterocycles. The Hall–Kier alpha value is -0.940. The van der Waals surface area contributed by atoms with Gasteiger partial charge in [-0.25, -0.2) is 0 Å². The second-order valence-electron chi connectivity index (χ2n) is 4.44. The maximum absolute atomic E-state index is 11.4. The summed E-state index contributed by atoms with van der Waals surface area (Å²) in [6, 6.07) is -0.390. The van der Waals surface area contributed by atoms with Gasteiger partial charge in [0.05, 0.1) is 0 Å². The summed E-state index contributed by atoms with van der Waals surface area (Å²) in [7, 11) is 1.68. The van der Waals surface area contributed by atoms with Crippen LogP contribution in [-0.2, 0) is 14.3 Å². The molecule has 106 valence electrons. The standard InChI is InChI=1S/C13H26N2O3/c1-11(16)12(15-2)10-18-13(17)8-6-4-3-5-7-9-14/h12,15H,3-10,14H2,1-2H3/t12-/m0/s1. The molecule has 0 rings (SSSR count). The second-order valence-corrected chi connectivity index (χ2v) is 4.44. The minimum absolute atomic E-state index is 0.0212. The van der Waals surface area contributed by atoms with Gasteiger partial charge in [-0.15, -0.1) is 0 Å². The van der Waals surface area contributed by atoms with Gasteiger partial charge in [0.25, 0.3) is 0 Å². The Morgan fingerprint density at radius 1 is 1.17 bits per heavy atom. The summed E-state index contributed by atoms with van der Waals surface area (Å²) in [6.07, 6.45) is 5.57. The normalized spacial score (nSPS) is 12.2. The minimum atomic E-state index is -0.390. The lowest BCUT2D eigenvalue weighted by molar-refractivity contribution is -0.145. The number of Topliss-reactive ketones (excluding diaryl/α,β-unsaturated/α-hetero) is 1. The van der Waals surface area contributed by atoms with Crippen molar-refractivity contribution in [2.24, 2.45) is 5.73 Å². The Bertz CT molecular complexity index is 244. The number of hydrogen-bond acceptors (Lipinski definition) is 5. The molecule has 0 heterocycles. The van der Waals surface area contributed by atoms with Crippen molar-refractivity contribution in [1.82, 2.24) is 5.32 Å². The molecular formula is C13H26N2O3. The van der Waals surface area contributed by atoms with Crippen molar-refractivity contribution < 1.29 is 14.3 Å². The highest BCUT2D eigenvalue weighted by Crippen LogP contribution is 2.05. The van der Waals surface area contributed by atoms with Crippen LogP contribution in [-0.4, -0.2) is 38.0 Å². The zero-order valence-corrected chi connectivity index (χ0v) is 11.5. The first kappa shape index (κ1) is 17.1. The van der Waals surface area contributed by atoms with Gasteiger partial charge in [-0.05, 0) is 33.4 Å². The van der Waals surface area contributed by atoms with Crippen LogP contribution in [0.2, 0.25) is 0 Å². The SMILES string of the molecule is CN[C@@H](COC(=O)CCCCCCCN)C(C)=O. The number of carbonyl (C=O) groups excluding carboxylic acids is 2. The smallest absolute Gasteiger partial charge is 0.305 e. The molecule has 0 saturated carbocycles. The van der Waals surface area contributed by atoms with Crippen molar-refractivity contribution >= 4 is 11.8 Å². The molecule has 0 amide bonds. The third kappa shape index (κ3) is 9.13. The number of nitrogens with two attached hydrogens (primary N) is 1. The Balaban J connectivity index is 3.50. The molecule has 5 heteroatoms. The molecule has 0 bridgehead atoms. The molecule has 0 aliphatic carbocycles. The van der Waals surface area contributed by atoms with E-state index < -0.39 is 6.04 Å². The number of esters is 1. The van der Waals surface area contributed by atoms with Gasteiger partial charge in [0.15, 0.2) is 0 Å². The fraction of sp³-hybridized carbons (Fsp3) is 0.846. The van der Waals surface area contributed by atoms with Crippen molar-refractivity contribution in [3.63, 3.8) is 0 Å². The highest BCUT2D eigenvalue weighted by Gasteiger charge is 2.13. The second kappa shape index (κ2) is 11.2. The molecule has 0 spiro atoms. The quantitative estimate of drug-likeness (QED) is 0.427. The third-order valence-corrected chi connectivity index (χ3v) is 2.84. The average Bonchev–Trinajstić information content (AvgIpc) is 2.34. The third-order valence-electron chi connectivity index (χ3n) is 2.84. The largest absolute Gasteiger partial charge is 0.464 e. The molecule has 1 atom stereocenters. The van der Waals surface area contributed by atoms with Gasteiger partial charge in [0, 0.05) is 6.42 Å². The molecule has 5 nitrogen and oxygen atoms in total. The van der Waals surface area contributed by atoms with Crippen molar-refractivity contribution in [3.8, 4) is 0 Å². The van der Waals surface area contributed by atoms with Gasteiger partial charge in [-0.3, -0.25) is 9.59 Å². The van der Waals surface area contributed by atoms with E-state index in [2.05, 4.69) is 5.32 Å². The lowest BCUT2D eigenvalue weighted by Crippen LogP contribution is -2.37. The molecule has 0 radical (unpaired) electrons. The van der Waals surface area contributed by atoms with Crippen LogP contribution in [0.5, 0.6) is 0 Å². The van der Waals surface area contributed by atoms with Crippen molar-refractivity contribution in [1.29, 1.82) is 0 Å². The highest BCUT2D eigenvalue weighted by atomic mass is 16.5. The summed E-state index contributed by atoms with van der Waals surface area (Å²) in [5, 5.41) is 2.81. The van der Waals surface area contributed by atoms with Gasteiger partial charge >= 0.3 is 5.97 Å². The maximum atomic E-state index is 11.4. The van der Waals surface area contributed by atoms with Gasteiger partial charge in [-0.1, -0.05) is 19.3 Å². The lowest BCUT2D eigenvalue weighted by atomic mass is 10.1. The number of unbranched alkanes of at least 4 members (excludes halogenated alkanes) is 4. The molecule has 0 aliphatic rings. The highest BCUT2D eigenvalue weighted by molar-refractivity contribution is 5.82. The number of carbonyl (C=O) groups is 2. The zero-order chi connectivity index (χ0) is 13.8. The molecule has 0 saturated heterocycles. The first-order valence-corrected chi connectivity index (χ1v) is 6.65. The number of nitrogens with one attached hydrogen (secondary N) is 1. The number of likely N-dealkylation sites (N-methyl/N-ethyl adjacent to an activating group) is 1. The van der Waals surface area contributed by atoms with Crippen LogP contribution in [0.15, 0.2) is 0 Å². The van der Waals surface area contributed by atoms with Crippen LogP contribution < -0.4 is 11.1 Å². The van der Waals surface area contributed by atoms with Gasteiger partial charge in [-0.2, -0.15) is 0 Å². The fourth-order valence-electron chi connectivity index (χ4n) is 1.60. The number of ketones is 1. The number of rotatable bonds is 11. The molecule has 3 N–H and O–H groups in total. The molecule has 0 unspecified atom stereocenters. The fourth-order valence-corrected chi connectivity index (χ4v) is 1.60. The molecule has 0 aromatic carbocycles. The summed E-state index contributed by atoms with van der Waals surface area (Å²) >= 11 is 0. The Labute approximate surface area is 109 Å². The monoisotopic (exact) mass is 258 g/mol. The average molecular weight is 258 g/mol. The Kier molecular flexibility index (Phi) is 10.6. The zero-order valence-electron chi connectivity index (χ0n) is 11.5. The van der Waals surface area contributed by atoms with Crippen LogP contribution in [0.1, 0.15) is 45.4 Å². The van der Waals surface area contributed by atoms with Gasteiger partial charge < -0.3 is 15.8 Å². The number of ether oxygens (including phenoxy) is 1. The molecule has 18 heavy (non-hydrogen) atoms. The van der Waals surface area contributed by atoms with Crippen molar-refractivity contribution in [2.75, 3.05) is 20.2 Å². The van der Waals surface area contributed by atoms with E-state index in [0.717, 1.165) is 38.6 Å². The van der Waals surface area contributed by atoms with E-state index >= 15 is 0 Å². The van der Waals surface area contributed by atoms with Crippen molar-refractivity contribution in [2.45, 2.75) is 51.5 Å². The molecular weight excluding hydrogens is 232 g/mol.